The van der Waals surface area contributed by atoms with Gasteiger partial charge in [0.1, 0.15) is 0 Å². The summed E-state index contributed by atoms with van der Waals surface area (Å²) >= 11 is 0. The molecule has 0 aliphatic heterocycles. The minimum atomic E-state index is -3.84. The van der Waals surface area contributed by atoms with Gasteiger partial charge in [-0.3, -0.25) is 10.1 Å². The predicted octanol–water partition coefficient (Wildman–Crippen LogP) is 1.05. The number of anilines is 1. The van der Waals surface area contributed by atoms with Gasteiger partial charge in [-0.2, -0.15) is 0 Å². The number of benzene rings is 1. The SMILES string of the molecule is Nc1cccnc1S(=O)(=O)NCc1ccc([N+](=O)[O-])cc1. The molecule has 0 saturated carbocycles. The highest BCUT2D eigenvalue weighted by Crippen LogP contribution is 2.15. The summed E-state index contributed by atoms with van der Waals surface area (Å²) in [7, 11) is -3.84. The summed E-state index contributed by atoms with van der Waals surface area (Å²) in [5.74, 6) is 0. The lowest BCUT2D eigenvalue weighted by Crippen LogP contribution is -2.25. The lowest BCUT2D eigenvalue weighted by atomic mass is 10.2. The summed E-state index contributed by atoms with van der Waals surface area (Å²) in [6.45, 7) is -0.0175. The zero-order valence-corrected chi connectivity index (χ0v) is 11.6. The zero-order chi connectivity index (χ0) is 15.5. The lowest BCUT2D eigenvalue weighted by Gasteiger charge is -2.07. The van der Waals surface area contributed by atoms with Crippen LogP contribution >= 0.6 is 0 Å². The number of hydrogen-bond acceptors (Lipinski definition) is 6. The Bertz CT molecular complexity index is 759. The van der Waals surface area contributed by atoms with E-state index in [4.69, 9.17) is 5.73 Å². The Morgan fingerprint density at radius 1 is 1.24 bits per heavy atom. The molecule has 0 fully saturated rings. The standard InChI is InChI=1S/C12H12N4O4S/c13-11-2-1-7-14-12(11)21(19,20)15-8-9-3-5-10(6-4-9)16(17)18/h1-7,15H,8,13H2. The Morgan fingerprint density at radius 2 is 1.90 bits per heavy atom. The van der Waals surface area contributed by atoms with Crippen LogP contribution in [0.4, 0.5) is 11.4 Å². The number of hydrogen-bond donors (Lipinski definition) is 2. The normalized spacial score (nSPS) is 11.2. The van der Waals surface area contributed by atoms with E-state index in [1.807, 2.05) is 0 Å². The summed E-state index contributed by atoms with van der Waals surface area (Å²) in [6, 6.07) is 8.53. The molecule has 1 aromatic carbocycles. The molecule has 2 rings (SSSR count). The van der Waals surface area contributed by atoms with Crippen molar-refractivity contribution in [2.24, 2.45) is 0 Å². The van der Waals surface area contributed by atoms with Crippen molar-refractivity contribution in [3.63, 3.8) is 0 Å². The monoisotopic (exact) mass is 308 g/mol. The molecule has 0 aliphatic rings. The number of nitrogens with zero attached hydrogens (tertiary/aromatic N) is 2. The second-order valence-electron chi connectivity index (χ2n) is 4.15. The zero-order valence-electron chi connectivity index (χ0n) is 10.8. The van der Waals surface area contributed by atoms with E-state index in [1.165, 1.54) is 42.6 Å². The van der Waals surface area contributed by atoms with Crippen molar-refractivity contribution in [3.8, 4) is 0 Å². The van der Waals surface area contributed by atoms with Gasteiger partial charge in [0, 0.05) is 24.9 Å². The van der Waals surface area contributed by atoms with Gasteiger partial charge >= 0.3 is 0 Å². The van der Waals surface area contributed by atoms with Gasteiger partial charge in [-0.15, -0.1) is 0 Å². The maximum atomic E-state index is 12.0. The first-order valence-corrected chi connectivity index (χ1v) is 7.32. The Labute approximate surface area is 120 Å². The van der Waals surface area contributed by atoms with Crippen molar-refractivity contribution in [2.75, 3.05) is 5.73 Å². The van der Waals surface area contributed by atoms with E-state index in [0.717, 1.165) is 0 Å². The molecule has 1 heterocycles. The molecule has 8 nitrogen and oxygen atoms in total. The highest BCUT2D eigenvalue weighted by molar-refractivity contribution is 7.89. The van der Waals surface area contributed by atoms with Crippen LogP contribution in [0.5, 0.6) is 0 Å². The Balaban J connectivity index is 2.12. The average molecular weight is 308 g/mol. The number of rotatable bonds is 5. The predicted molar refractivity (Wildman–Crippen MR) is 75.8 cm³/mol. The van der Waals surface area contributed by atoms with Crippen LogP contribution < -0.4 is 10.5 Å². The molecular weight excluding hydrogens is 296 g/mol. The molecule has 0 spiro atoms. The molecule has 0 saturated heterocycles. The molecule has 1 aromatic heterocycles. The smallest absolute Gasteiger partial charge is 0.269 e. The molecule has 9 heteroatoms. The number of nitrogen functional groups attached to an aromatic ring is 1. The van der Waals surface area contributed by atoms with Crippen molar-refractivity contribution in [3.05, 3.63) is 58.3 Å². The van der Waals surface area contributed by atoms with E-state index in [9.17, 15) is 18.5 Å². The minimum Gasteiger partial charge on any atom is -0.396 e. The maximum absolute atomic E-state index is 12.0. The maximum Gasteiger partial charge on any atom is 0.269 e. The van der Waals surface area contributed by atoms with Crippen molar-refractivity contribution in [1.29, 1.82) is 0 Å². The Morgan fingerprint density at radius 3 is 2.48 bits per heavy atom. The van der Waals surface area contributed by atoms with Gasteiger partial charge in [0.25, 0.3) is 15.7 Å². The molecular formula is C12H12N4O4S. The summed E-state index contributed by atoms with van der Waals surface area (Å²) in [5.41, 5.74) is 6.14. The van der Waals surface area contributed by atoms with Gasteiger partial charge in [0.2, 0.25) is 0 Å². The topological polar surface area (TPSA) is 128 Å². The van der Waals surface area contributed by atoms with E-state index in [1.54, 1.807) is 0 Å². The molecule has 0 radical (unpaired) electrons. The van der Waals surface area contributed by atoms with E-state index < -0.39 is 14.9 Å². The average Bonchev–Trinajstić information content (AvgIpc) is 2.46. The first-order chi connectivity index (χ1) is 9.90. The van der Waals surface area contributed by atoms with Crippen LogP contribution in [-0.4, -0.2) is 18.3 Å². The quantitative estimate of drug-likeness (QED) is 0.627. The molecule has 2 aromatic rings. The third-order valence-corrected chi connectivity index (χ3v) is 4.04. The van der Waals surface area contributed by atoms with Crippen LogP contribution in [-0.2, 0) is 16.6 Å². The van der Waals surface area contributed by atoms with E-state index >= 15 is 0 Å². The summed E-state index contributed by atoms with van der Waals surface area (Å²) in [6.07, 6.45) is 1.33. The van der Waals surface area contributed by atoms with Crippen molar-refractivity contribution in [2.45, 2.75) is 11.6 Å². The number of non-ortho nitro benzene ring substituents is 1. The van der Waals surface area contributed by atoms with Crippen molar-refractivity contribution in [1.82, 2.24) is 9.71 Å². The van der Waals surface area contributed by atoms with E-state index in [0.29, 0.717) is 5.56 Å². The van der Waals surface area contributed by atoms with Gasteiger partial charge in [0.15, 0.2) is 5.03 Å². The van der Waals surface area contributed by atoms with Crippen LogP contribution in [0.2, 0.25) is 0 Å². The molecule has 21 heavy (non-hydrogen) atoms. The van der Waals surface area contributed by atoms with Crippen LogP contribution in [0.3, 0.4) is 0 Å². The third-order valence-electron chi connectivity index (χ3n) is 2.67. The first kappa shape index (κ1) is 14.9. The number of nitro benzene ring substituents is 1. The summed E-state index contributed by atoms with van der Waals surface area (Å²) in [5, 5.41) is 10.3. The van der Waals surface area contributed by atoms with Gasteiger partial charge in [-0.1, -0.05) is 12.1 Å². The molecule has 0 amide bonds. The Kier molecular flexibility index (Phi) is 4.15. The van der Waals surface area contributed by atoms with Crippen molar-refractivity contribution < 1.29 is 13.3 Å². The highest BCUT2D eigenvalue weighted by atomic mass is 32.2. The summed E-state index contributed by atoms with van der Waals surface area (Å²) in [4.78, 5) is 13.7. The number of pyridine rings is 1. The molecule has 0 bridgehead atoms. The molecule has 0 unspecified atom stereocenters. The largest absolute Gasteiger partial charge is 0.396 e. The lowest BCUT2D eigenvalue weighted by molar-refractivity contribution is -0.384. The van der Waals surface area contributed by atoms with Crippen molar-refractivity contribution >= 4 is 21.4 Å². The van der Waals surface area contributed by atoms with E-state index in [2.05, 4.69) is 9.71 Å². The number of nitrogens with one attached hydrogen (secondary N) is 1. The summed E-state index contributed by atoms with van der Waals surface area (Å²) < 4.78 is 26.4. The molecule has 3 N–H and O–H groups in total. The van der Waals surface area contributed by atoms with Gasteiger partial charge in [0.05, 0.1) is 10.6 Å². The molecule has 0 aliphatic carbocycles. The first-order valence-electron chi connectivity index (χ1n) is 5.83. The third kappa shape index (κ3) is 3.52. The second kappa shape index (κ2) is 5.85. The fraction of sp³-hybridized carbons (Fsp3) is 0.0833. The van der Waals surface area contributed by atoms with Crippen LogP contribution in [0.1, 0.15) is 5.56 Å². The molecule has 110 valence electrons. The van der Waals surface area contributed by atoms with E-state index in [-0.39, 0.29) is 22.9 Å². The number of aromatic nitrogens is 1. The second-order valence-corrected chi connectivity index (χ2v) is 5.83. The van der Waals surface area contributed by atoms with Gasteiger partial charge < -0.3 is 5.73 Å². The molecule has 0 atom stereocenters. The fourth-order valence-electron chi connectivity index (χ4n) is 1.61. The fourth-order valence-corrected chi connectivity index (χ4v) is 2.68. The number of nitro groups is 1. The minimum absolute atomic E-state index is 0.0175. The van der Waals surface area contributed by atoms with Crippen LogP contribution in [0, 0.1) is 10.1 Å². The van der Waals surface area contributed by atoms with Crippen LogP contribution in [0.25, 0.3) is 0 Å². The highest BCUT2D eigenvalue weighted by Gasteiger charge is 2.18. The van der Waals surface area contributed by atoms with Crippen LogP contribution in [0.15, 0.2) is 47.6 Å². The Hall–Kier alpha value is -2.52. The van der Waals surface area contributed by atoms with Gasteiger partial charge in [-0.05, 0) is 17.7 Å². The number of sulfonamides is 1. The number of nitrogens with two attached hydrogens (primary N) is 1. The van der Waals surface area contributed by atoms with Gasteiger partial charge in [-0.25, -0.2) is 18.1 Å².